The van der Waals surface area contributed by atoms with Crippen LogP contribution in [0.25, 0.3) is 0 Å². The number of hydrogen-bond donors (Lipinski definition) is 1. The molecule has 20 heavy (non-hydrogen) atoms. The molecule has 0 radical (unpaired) electrons. The van der Waals surface area contributed by atoms with E-state index in [1.165, 1.54) is 0 Å². The van der Waals surface area contributed by atoms with E-state index < -0.39 is 10.0 Å². The van der Waals surface area contributed by atoms with Crippen molar-refractivity contribution in [3.05, 3.63) is 27.8 Å². The van der Waals surface area contributed by atoms with Gasteiger partial charge in [0.1, 0.15) is 0 Å². The fraction of sp³-hybridized carbons (Fsp3) is 0.571. The van der Waals surface area contributed by atoms with E-state index in [-0.39, 0.29) is 6.04 Å². The van der Waals surface area contributed by atoms with E-state index in [1.54, 1.807) is 23.5 Å². The lowest BCUT2D eigenvalue weighted by molar-refractivity contribution is 0.255. The van der Waals surface area contributed by atoms with Crippen LogP contribution in [0.5, 0.6) is 0 Å². The van der Waals surface area contributed by atoms with Gasteiger partial charge in [-0.1, -0.05) is 0 Å². The first-order valence-electron chi connectivity index (χ1n) is 6.86. The van der Waals surface area contributed by atoms with Crippen LogP contribution < -0.4 is 5.32 Å². The van der Waals surface area contributed by atoms with Crippen molar-refractivity contribution in [2.45, 2.75) is 42.7 Å². The number of halogens is 1. The second-order valence-corrected chi connectivity index (χ2v) is 8.51. The highest BCUT2D eigenvalue weighted by Crippen LogP contribution is 2.26. The number of nitrogens with zero attached hydrogens (tertiary/aromatic N) is 1. The van der Waals surface area contributed by atoms with Gasteiger partial charge in [0.25, 0.3) is 0 Å². The molecular formula is C14H21IN2O2S. The van der Waals surface area contributed by atoms with Crippen molar-refractivity contribution in [3.8, 4) is 0 Å². The number of sulfonamides is 1. The van der Waals surface area contributed by atoms with Crippen LogP contribution in [0, 0.1) is 3.57 Å². The monoisotopic (exact) mass is 408 g/mol. The molecule has 0 spiro atoms. The van der Waals surface area contributed by atoms with Crippen molar-refractivity contribution < 1.29 is 8.42 Å². The molecule has 0 saturated heterocycles. The predicted molar refractivity (Wildman–Crippen MR) is 89.2 cm³/mol. The van der Waals surface area contributed by atoms with Gasteiger partial charge in [0.2, 0.25) is 10.0 Å². The standard InChI is InChI=1S/C14H21IN2O2S/c1-16-12-5-7-13(8-6-12)17(2)20(18,19)14-9-3-11(15)4-10-14/h3-4,9-10,12-13,16H,5-8H2,1-2H3. The molecule has 0 heterocycles. The molecule has 1 aromatic carbocycles. The Morgan fingerprint density at radius 1 is 1.15 bits per heavy atom. The third-order valence-corrected chi connectivity index (χ3v) is 6.75. The van der Waals surface area contributed by atoms with E-state index in [0.717, 1.165) is 29.3 Å². The molecule has 1 aliphatic carbocycles. The molecule has 0 amide bonds. The van der Waals surface area contributed by atoms with E-state index >= 15 is 0 Å². The number of benzene rings is 1. The molecular weight excluding hydrogens is 387 g/mol. The van der Waals surface area contributed by atoms with Gasteiger partial charge < -0.3 is 5.32 Å². The maximum absolute atomic E-state index is 12.6. The lowest BCUT2D eigenvalue weighted by Crippen LogP contribution is -2.42. The summed E-state index contributed by atoms with van der Waals surface area (Å²) in [6.45, 7) is 0. The van der Waals surface area contributed by atoms with Gasteiger partial charge in [-0.3, -0.25) is 0 Å². The van der Waals surface area contributed by atoms with Gasteiger partial charge >= 0.3 is 0 Å². The van der Waals surface area contributed by atoms with Crippen molar-refractivity contribution in [1.82, 2.24) is 9.62 Å². The predicted octanol–water partition coefficient (Wildman–Crippen LogP) is 2.44. The zero-order valence-electron chi connectivity index (χ0n) is 11.8. The van der Waals surface area contributed by atoms with Crippen LogP contribution in [0.3, 0.4) is 0 Å². The van der Waals surface area contributed by atoms with Crippen LogP contribution in [-0.2, 0) is 10.0 Å². The molecule has 4 nitrogen and oxygen atoms in total. The summed E-state index contributed by atoms with van der Waals surface area (Å²) in [6.07, 6.45) is 3.92. The number of nitrogens with one attached hydrogen (secondary N) is 1. The first-order chi connectivity index (χ1) is 9.45. The highest BCUT2D eigenvalue weighted by atomic mass is 127. The normalized spacial score (nSPS) is 24.0. The average molecular weight is 408 g/mol. The van der Waals surface area contributed by atoms with Gasteiger partial charge in [-0.25, -0.2) is 8.42 Å². The fourth-order valence-electron chi connectivity index (χ4n) is 2.70. The van der Waals surface area contributed by atoms with Crippen LogP contribution in [0.2, 0.25) is 0 Å². The van der Waals surface area contributed by atoms with Gasteiger partial charge in [-0.15, -0.1) is 0 Å². The minimum atomic E-state index is -3.37. The van der Waals surface area contributed by atoms with Gasteiger partial charge in [0, 0.05) is 22.7 Å². The van der Waals surface area contributed by atoms with Crippen LogP contribution >= 0.6 is 22.6 Å². The number of rotatable bonds is 4. The van der Waals surface area contributed by atoms with Gasteiger partial charge in [-0.05, 0) is 79.6 Å². The summed E-state index contributed by atoms with van der Waals surface area (Å²) in [6, 6.07) is 7.68. The highest BCUT2D eigenvalue weighted by Gasteiger charge is 2.30. The van der Waals surface area contributed by atoms with Crippen molar-refractivity contribution in [3.63, 3.8) is 0 Å². The third kappa shape index (κ3) is 3.52. The second kappa shape index (κ2) is 6.72. The second-order valence-electron chi connectivity index (χ2n) is 5.27. The van der Waals surface area contributed by atoms with Crippen LogP contribution in [-0.4, -0.2) is 38.9 Å². The van der Waals surface area contributed by atoms with E-state index in [4.69, 9.17) is 0 Å². The Bertz CT molecular complexity index is 537. The van der Waals surface area contributed by atoms with Crippen molar-refractivity contribution in [2.75, 3.05) is 14.1 Å². The Kier molecular flexibility index (Phi) is 5.44. The minimum Gasteiger partial charge on any atom is -0.317 e. The van der Waals surface area contributed by atoms with Gasteiger partial charge in [0.05, 0.1) is 4.90 Å². The molecule has 1 saturated carbocycles. The first kappa shape index (κ1) is 16.2. The quantitative estimate of drug-likeness (QED) is 0.779. The highest BCUT2D eigenvalue weighted by molar-refractivity contribution is 14.1. The van der Waals surface area contributed by atoms with Crippen LogP contribution in [0.15, 0.2) is 29.2 Å². The van der Waals surface area contributed by atoms with Crippen molar-refractivity contribution in [1.29, 1.82) is 0 Å². The lowest BCUT2D eigenvalue weighted by atomic mass is 9.91. The molecule has 0 bridgehead atoms. The Labute approximate surface area is 135 Å². The van der Waals surface area contributed by atoms with E-state index in [9.17, 15) is 8.42 Å². The Morgan fingerprint density at radius 2 is 1.70 bits per heavy atom. The molecule has 6 heteroatoms. The van der Waals surface area contributed by atoms with E-state index in [0.29, 0.717) is 10.9 Å². The summed E-state index contributed by atoms with van der Waals surface area (Å²) in [7, 11) is 0.305. The summed E-state index contributed by atoms with van der Waals surface area (Å²) in [5, 5.41) is 3.27. The minimum absolute atomic E-state index is 0.115. The molecule has 2 rings (SSSR count). The SMILES string of the molecule is CNC1CCC(N(C)S(=O)(=O)c2ccc(I)cc2)CC1. The van der Waals surface area contributed by atoms with E-state index in [2.05, 4.69) is 27.9 Å². The van der Waals surface area contributed by atoms with Gasteiger partial charge in [-0.2, -0.15) is 4.31 Å². The van der Waals surface area contributed by atoms with Gasteiger partial charge in [0.15, 0.2) is 0 Å². The lowest BCUT2D eigenvalue weighted by Gasteiger charge is -2.33. The summed E-state index contributed by atoms with van der Waals surface area (Å²) in [4.78, 5) is 0.385. The summed E-state index contributed by atoms with van der Waals surface area (Å²) in [5.41, 5.74) is 0. The maximum Gasteiger partial charge on any atom is 0.243 e. The smallest absolute Gasteiger partial charge is 0.243 e. The molecule has 0 unspecified atom stereocenters. The summed E-state index contributed by atoms with van der Waals surface area (Å²) >= 11 is 2.18. The maximum atomic E-state index is 12.6. The van der Waals surface area contributed by atoms with Crippen LogP contribution in [0.1, 0.15) is 25.7 Å². The fourth-order valence-corrected chi connectivity index (χ4v) is 4.47. The summed E-state index contributed by atoms with van der Waals surface area (Å²) in [5.74, 6) is 0. The average Bonchev–Trinajstić information content (AvgIpc) is 2.47. The Morgan fingerprint density at radius 3 is 2.20 bits per heavy atom. The van der Waals surface area contributed by atoms with Crippen molar-refractivity contribution in [2.24, 2.45) is 0 Å². The molecule has 0 atom stereocenters. The zero-order chi connectivity index (χ0) is 14.8. The molecule has 112 valence electrons. The topological polar surface area (TPSA) is 49.4 Å². The Balaban J connectivity index is 2.11. The molecule has 0 aromatic heterocycles. The van der Waals surface area contributed by atoms with E-state index in [1.807, 2.05) is 19.2 Å². The summed E-state index contributed by atoms with van der Waals surface area (Å²) < 4.78 is 27.8. The van der Waals surface area contributed by atoms with Crippen molar-refractivity contribution >= 4 is 32.6 Å². The molecule has 1 N–H and O–H groups in total. The molecule has 0 aliphatic heterocycles. The zero-order valence-corrected chi connectivity index (χ0v) is 14.8. The molecule has 1 fully saturated rings. The van der Waals surface area contributed by atoms with Crippen LogP contribution in [0.4, 0.5) is 0 Å². The Hall–Kier alpha value is -0.180. The third-order valence-electron chi connectivity index (χ3n) is 4.11. The molecule has 1 aliphatic rings. The number of hydrogen-bond acceptors (Lipinski definition) is 3. The largest absolute Gasteiger partial charge is 0.317 e. The molecule has 1 aromatic rings. The first-order valence-corrected chi connectivity index (χ1v) is 9.38.